The van der Waals surface area contributed by atoms with E-state index in [1.54, 1.807) is 30.3 Å². The molecule has 4 nitrogen and oxygen atoms in total. The van der Waals surface area contributed by atoms with Crippen molar-refractivity contribution in [2.75, 3.05) is 13.1 Å². The molecule has 1 heterocycles. The number of halogens is 1. The fraction of sp³-hybridized carbons (Fsp3) is 0.429. The van der Waals surface area contributed by atoms with Gasteiger partial charge >= 0.3 is 0 Å². The van der Waals surface area contributed by atoms with Crippen molar-refractivity contribution in [1.29, 1.82) is 0 Å². The number of sulfonamides is 1. The fourth-order valence-corrected chi connectivity index (χ4v) is 3.10. The second-order valence-electron chi connectivity index (χ2n) is 4.89. The summed E-state index contributed by atoms with van der Waals surface area (Å²) in [6.07, 6.45) is 4.90. The SMILES string of the molecule is O=S(=O)(C=Cc1ccc(Cl)cc1)NCC1CCCCN1. The molecule has 1 aliphatic rings. The summed E-state index contributed by atoms with van der Waals surface area (Å²) in [5.74, 6) is 0. The van der Waals surface area contributed by atoms with Crippen molar-refractivity contribution in [3.63, 3.8) is 0 Å². The first-order chi connectivity index (χ1) is 9.55. The molecule has 20 heavy (non-hydrogen) atoms. The van der Waals surface area contributed by atoms with Crippen molar-refractivity contribution in [3.8, 4) is 0 Å². The van der Waals surface area contributed by atoms with Crippen LogP contribution in [0.1, 0.15) is 24.8 Å². The summed E-state index contributed by atoms with van der Waals surface area (Å²) in [6, 6.07) is 7.25. The standard InChI is InChI=1S/C14H19ClN2O2S/c15-13-6-4-12(5-7-13)8-10-20(18,19)17-11-14-3-1-2-9-16-14/h4-8,10,14,16-17H,1-3,9,11H2. The molecule has 110 valence electrons. The van der Waals surface area contributed by atoms with Gasteiger partial charge in [0.05, 0.1) is 0 Å². The highest BCUT2D eigenvalue weighted by Crippen LogP contribution is 2.11. The van der Waals surface area contributed by atoms with Crippen LogP contribution in [0.3, 0.4) is 0 Å². The predicted octanol–water partition coefficient (Wildman–Crippen LogP) is 2.37. The Balaban J connectivity index is 1.88. The van der Waals surface area contributed by atoms with Gasteiger partial charge in [-0.15, -0.1) is 0 Å². The number of nitrogens with one attached hydrogen (secondary N) is 2. The topological polar surface area (TPSA) is 58.2 Å². The van der Waals surface area contributed by atoms with Gasteiger partial charge in [-0.1, -0.05) is 30.2 Å². The lowest BCUT2D eigenvalue weighted by Crippen LogP contribution is -2.42. The molecule has 1 atom stereocenters. The fourth-order valence-electron chi connectivity index (χ4n) is 2.11. The van der Waals surface area contributed by atoms with E-state index in [0.29, 0.717) is 11.6 Å². The molecule has 1 fully saturated rings. The van der Waals surface area contributed by atoms with Gasteiger partial charge in [-0.2, -0.15) is 0 Å². The van der Waals surface area contributed by atoms with E-state index < -0.39 is 10.0 Å². The van der Waals surface area contributed by atoms with Crippen LogP contribution in [0.4, 0.5) is 0 Å². The molecule has 0 aliphatic carbocycles. The van der Waals surface area contributed by atoms with Gasteiger partial charge in [-0.05, 0) is 43.2 Å². The first-order valence-corrected chi connectivity index (χ1v) is 8.64. The highest BCUT2D eigenvalue weighted by Gasteiger charge is 2.14. The van der Waals surface area contributed by atoms with Crippen molar-refractivity contribution in [1.82, 2.24) is 10.0 Å². The van der Waals surface area contributed by atoms with Crippen LogP contribution in [0.2, 0.25) is 5.02 Å². The van der Waals surface area contributed by atoms with Gasteiger partial charge in [-0.25, -0.2) is 13.1 Å². The van der Waals surface area contributed by atoms with Crippen LogP contribution in [0, 0.1) is 0 Å². The summed E-state index contributed by atoms with van der Waals surface area (Å²) in [5.41, 5.74) is 0.801. The molecule has 0 saturated carbocycles. The molecular weight excluding hydrogens is 296 g/mol. The van der Waals surface area contributed by atoms with Gasteiger partial charge < -0.3 is 5.32 Å². The Labute approximate surface area is 125 Å². The normalized spacial score (nSPS) is 20.4. The Hall–Kier alpha value is -0.880. The Bertz CT molecular complexity index is 549. The van der Waals surface area contributed by atoms with Crippen LogP contribution in [-0.4, -0.2) is 27.5 Å². The van der Waals surface area contributed by atoms with Crippen molar-refractivity contribution in [3.05, 3.63) is 40.3 Å². The number of rotatable bonds is 5. The lowest BCUT2D eigenvalue weighted by Gasteiger charge is -2.23. The van der Waals surface area contributed by atoms with Gasteiger partial charge in [-0.3, -0.25) is 0 Å². The van der Waals surface area contributed by atoms with E-state index in [9.17, 15) is 8.42 Å². The molecule has 1 saturated heterocycles. The highest BCUT2D eigenvalue weighted by molar-refractivity contribution is 7.92. The first-order valence-electron chi connectivity index (χ1n) is 6.72. The Morgan fingerprint density at radius 2 is 2.05 bits per heavy atom. The van der Waals surface area contributed by atoms with Gasteiger partial charge in [0.15, 0.2) is 0 Å². The quantitative estimate of drug-likeness (QED) is 0.877. The largest absolute Gasteiger partial charge is 0.313 e. The van der Waals surface area contributed by atoms with Crippen LogP contribution in [-0.2, 0) is 10.0 Å². The van der Waals surface area contributed by atoms with E-state index in [4.69, 9.17) is 11.6 Å². The number of benzene rings is 1. The van der Waals surface area contributed by atoms with Crippen LogP contribution < -0.4 is 10.0 Å². The summed E-state index contributed by atoms with van der Waals surface area (Å²) in [4.78, 5) is 0. The maximum Gasteiger partial charge on any atom is 0.233 e. The summed E-state index contributed by atoms with van der Waals surface area (Å²) in [7, 11) is -3.39. The third kappa shape index (κ3) is 5.25. The minimum atomic E-state index is -3.39. The van der Waals surface area contributed by atoms with E-state index in [0.717, 1.165) is 24.9 Å². The lowest BCUT2D eigenvalue weighted by molar-refractivity contribution is 0.398. The van der Waals surface area contributed by atoms with Gasteiger partial charge in [0, 0.05) is 23.0 Å². The molecule has 1 unspecified atom stereocenters. The van der Waals surface area contributed by atoms with Gasteiger partial charge in [0.25, 0.3) is 0 Å². The minimum Gasteiger partial charge on any atom is -0.313 e. The van der Waals surface area contributed by atoms with E-state index in [1.807, 2.05) is 0 Å². The molecule has 6 heteroatoms. The molecule has 0 spiro atoms. The Morgan fingerprint density at radius 1 is 1.30 bits per heavy atom. The molecule has 2 N–H and O–H groups in total. The zero-order valence-corrected chi connectivity index (χ0v) is 12.8. The van der Waals surface area contributed by atoms with E-state index in [1.165, 1.54) is 11.8 Å². The second kappa shape index (κ2) is 7.22. The van der Waals surface area contributed by atoms with Crippen LogP contribution in [0.5, 0.6) is 0 Å². The Morgan fingerprint density at radius 3 is 2.70 bits per heavy atom. The molecule has 0 radical (unpaired) electrons. The third-order valence-corrected chi connectivity index (χ3v) is 4.57. The lowest BCUT2D eigenvalue weighted by atomic mass is 10.1. The van der Waals surface area contributed by atoms with Crippen LogP contribution in [0.25, 0.3) is 6.08 Å². The van der Waals surface area contributed by atoms with Gasteiger partial charge in [0.2, 0.25) is 10.0 Å². The molecular formula is C14H19ClN2O2S. The van der Waals surface area contributed by atoms with Crippen molar-refractivity contribution >= 4 is 27.7 Å². The zero-order valence-electron chi connectivity index (χ0n) is 11.2. The van der Waals surface area contributed by atoms with Crippen molar-refractivity contribution in [2.45, 2.75) is 25.3 Å². The maximum atomic E-state index is 11.9. The average molecular weight is 315 g/mol. The molecule has 1 aromatic rings. The number of hydrogen-bond acceptors (Lipinski definition) is 3. The molecule has 1 aromatic carbocycles. The third-order valence-electron chi connectivity index (χ3n) is 3.25. The molecule has 1 aliphatic heterocycles. The molecule has 0 bridgehead atoms. The molecule has 0 amide bonds. The van der Waals surface area contributed by atoms with Crippen LogP contribution in [0.15, 0.2) is 29.7 Å². The van der Waals surface area contributed by atoms with E-state index in [-0.39, 0.29) is 6.04 Å². The monoisotopic (exact) mass is 314 g/mol. The van der Waals surface area contributed by atoms with Gasteiger partial charge in [0.1, 0.15) is 0 Å². The zero-order chi connectivity index (χ0) is 14.4. The minimum absolute atomic E-state index is 0.238. The van der Waals surface area contributed by atoms with Crippen LogP contribution >= 0.6 is 11.6 Å². The van der Waals surface area contributed by atoms with Crippen molar-refractivity contribution < 1.29 is 8.42 Å². The summed E-state index contributed by atoms with van der Waals surface area (Å²) < 4.78 is 26.3. The first kappa shape index (κ1) is 15.5. The average Bonchev–Trinajstić information content (AvgIpc) is 2.46. The van der Waals surface area contributed by atoms with E-state index in [2.05, 4.69) is 10.0 Å². The highest BCUT2D eigenvalue weighted by atomic mass is 35.5. The maximum absolute atomic E-state index is 11.9. The summed E-state index contributed by atoms with van der Waals surface area (Å²) in [5, 5.41) is 5.13. The molecule has 2 rings (SSSR count). The van der Waals surface area contributed by atoms with E-state index >= 15 is 0 Å². The second-order valence-corrected chi connectivity index (χ2v) is 6.98. The number of piperidine rings is 1. The summed E-state index contributed by atoms with van der Waals surface area (Å²) in [6.45, 7) is 1.40. The predicted molar refractivity (Wildman–Crippen MR) is 83.1 cm³/mol. The molecule has 0 aromatic heterocycles. The smallest absolute Gasteiger partial charge is 0.233 e. The van der Waals surface area contributed by atoms with Crippen molar-refractivity contribution in [2.24, 2.45) is 0 Å². The Kier molecular flexibility index (Phi) is 5.60. The number of hydrogen-bond donors (Lipinski definition) is 2. The summed E-state index contributed by atoms with van der Waals surface area (Å²) >= 11 is 5.78.